The number of ether oxygens (including phenoxy) is 1. The smallest absolute Gasteiger partial charge is 0.308 e. The molecule has 0 heterocycles. The van der Waals surface area contributed by atoms with Crippen molar-refractivity contribution in [1.82, 2.24) is 5.32 Å². The van der Waals surface area contributed by atoms with Crippen LogP contribution in [0.25, 0.3) is 0 Å². The molecule has 2 N–H and O–H groups in total. The Kier molecular flexibility index (Phi) is 7.28. The fraction of sp³-hybridized carbons (Fsp3) is 0.929. The topological polar surface area (TPSA) is 58.6 Å². The van der Waals surface area contributed by atoms with Gasteiger partial charge in [-0.15, -0.1) is 0 Å². The maximum Gasteiger partial charge on any atom is 0.308 e. The summed E-state index contributed by atoms with van der Waals surface area (Å²) in [6.45, 7) is 4.87. The number of rotatable bonds is 7. The molecular weight excluding hydrogens is 230 g/mol. The zero-order valence-corrected chi connectivity index (χ0v) is 11.7. The first-order chi connectivity index (χ1) is 8.65. The van der Waals surface area contributed by atoms with Crippen molar-refractivity contribution in [2.75, 3.05) is 13.2 Å². The summed E-state index contributed by atoms with van der Waals surface area (Å²) in [6.07, 6.45) is 5.68. The Morgan fingerprint density at radius 3 is 2.89 bits per heavy atom. The van der Waals surface area contributed by atoms with E-state index in [1.54, 1.807) is 6.92 Å². The molecule has 18 heavy (non-hydrogen) atoms. The van der Waals surface area contributed by atoms with Gasteiger partial charge < -0.3 is 15.2 Å². The average Bonchev–Trinajstić information content (AvgIpc) is 2.37. The Bertz CT molecular complexity index is 245. The number of nitrogens with one attached hydrogen (secondary N) is 1. The molecule has 4 nitrogen and oxygen atoms in total. The Balaban J connectivity index is 2.17. The second kappa shape index (κ2) is 8.48. The molecule has 0 radical (unpaired) electrons. The summed E-state index contributed by atoms with van der Waals surface area (Å²) in [5.74, 6) is 0.500. The monoisotopic (exact) mass is 257 g/mol. The Morgan fingerprint density at radius 2 is 2.22 bits per heavy atom. The second-order valence-electron chi connectivity index (χ2n) is 5.21. The molecule has 0 aromatic heterocycles. The molecule has 1 aliphatic rings. The van der Waals surface area contributed by atoms with Crippen LogP contribution in [-0.4, -0.2) is 36.4 Å². The zero-order chi connectivity index (χ0) is 13.4. The Labute approximate surface area is 110 Å². The standard InChI is InChI=1S/C14H27NO3/c1-3-11-6-5-7-12(8-11)15-10-13(16)9-14(17)18-4-2/h11-13,15-16H,3-10H2,1-2H3. The third kappa shape index (κ3) is 5.83. The van der Waals surface area contributed by atoms with E-state index in [0.29, 0.717) is 19.2 Å². The van der Waals surface area contributed by atoms with Gasteiger partial charge in [0, 0.05) is 12.6 Å². The summed E-state index contributed by atoms with van der Waals surface area (Å²) < 4.78 is 4.81. The minimum absolute atomic E-state index is 0.0881. The van der Waals surface area contributed by atoms with Gasteiger partial charge in [-0.25, -0.2) is 0 Å². The molecule has 1 saturated carbocycles. The van der Waals surface area contributed by atoms with Gasteiger partial charge in [0.05, 0.1) is 19.1 Å². The molecule has 0 saturated heterocycles. The number of carbonyl (C=O) groups excluding carboxylic acids is 1. The van der Waals surface area contributed by atoms with Crippen LogP contribution in [0, 0.1) is 5.92 Å². The third-order valence-corrected chi connectivity index (χ3v) is 3.71. The van der Waals surface area contributed by atoms with Crippen LogP contribution in [0.3, 0.4) is 0 Å². The average molecular weight is 257 g/mol. The van der Waals surface area contributed by atoms with E-state index in [9.17, 15) is 9.90 Å². The third-order valence-electron chi connectivity index (χ3n) is 3.71. The SMILES string of the molecule is CCOC(=O)CC(O)CNC1CCCC(CC)C1. The highest BCUT2D eigenvalue weighted by Gasteiger charge is 2.21. The number of aliphatic hydroxyl groups excluding tert-OH is 1. The highest BCUT2D eigenvalue weighted by atomic mass is 16.5. The molecule has 3 atom stereocenters. The molecule has 0 aromatic carbocycles. The molecule has 0 spiro atoms. The first kappa shape index (κ1) is 15.4. The van der Waals surface area contributed by atoms with Crippen molar-refractivity contribution < 1.29 is 14.6 Å². The van der Waals surface area contributed by atoms with Crippen LogP contribution in [0.2, 0.25) is 0 Å². The molecule has 4 heteroatoms. The van der Waals surface area contributed by atoms with Gasteiger partial charge in [-0.3, -0.25) is 4.79 Å². The normalized spacial score (nSPS) is 25.7. The van der Waals surface area contributed by atoms with Crippen molar-refractivity contribution in [2.45, 2.75) is 64.5 Å². The summed E-state index contributed by atoms with van der Waals surface area (Å²) in [6, 6.07) is 0.501. The van der Waals surface area contributed by atoms with Gasteiger partial charge in [0.25, 0.3) is 0 Å². The summed E-state index contributed by atoms with van der Waals surface area (Å²) >= 11 is 0. The largest absolute Gasteiger partial charge is 0.466 e. The van der Waals surface area contributed by atoms with Gasteiger partial charge in [0.2, 0.25) is 0 Å². The van der Waals surface area contributed by atoms with Crippen LogP contribution >= 0.6 is 0 Å². The van der Waals surface area contributed by atoms with E-state index in [2.05, 4.69) is 12.2 Å². The first-order valence-electron chi connectivity index (χ1n) is 7.22. The lowest BCUT2D eigenvalue weighted by atomic mass is 9.84. The summed E-state index contributed by atoms with van der Waals surface area (Å²) in [4.78, 5) is 11.2. The lowest BCUT2D eigenvalue weighted by Crippen LogP contribution is -2.39. The molecule has 3 unspecified atom stereocenters. The molecule has 106 valence electrons. The minimum atomic E-state index is -0.633. The number of hydrogen-bond donors (Lipinski definition) is 2. The predicted molar refractivity (Wildman–Crippen MR) is 71.3 cm³/mol. The molecule has 1 aliphatic carbocycles. The van der Waals surface area contributed by atoms with E-state index in [-0.39, 0.29) is 12.4 Å². The lowest BCUT2D eigenvalue weighted by molar-refractivity contribution is -0.145. The maximum atomic E-state index is 11.2. The van der Waals surface area contributed by atoms with E-state index >= 15 is 0 Å². The molecule has 0 aromatic rings. The van der Waals surface area contributed by atoms with Crippen LogP contribution in [0.1, 0.15) is 52.4 Å². The zero-order valence-electron chi connectivity index (χ0n) is 11.7. The highest BCUT2D eigenvalue weighted by molar-refractivity contribution is 5.69. The van der Waals surface area contributed by atoms with Gasteiger partial charge >= 0.3 is 5.97 Å². The van der Waals surface area contributed by atoms with Crippen LogP contribution in [-0.2, 0) is 9.53 Å². The number of esters is 1. The van der Waals surface area contributed by atoms with Crippen molar-refractivity contribution in [2.24, 2.45) is 5.92 Å². The van der Waals surface area contributed by atoms with Crippen molar-refractivity contribution in [1.29, 1.82) is 0 Å². The van der Waals surface area contributed by atoms with E-state index < -0.39 is 6.10 Å². The van der Waals surface area contributed by atoms with Gasteiger partial charge in [-0.2, -0.15) is 0 Å². The lowest BCUT2D eigenvalue weighted by Gasteiger charge is -2.29. The number of hydrogen-bond acceptors (Lipinski definition) is 4. The summed E-state index contributed by atoms with van der Waals surface area (Å²) in [5, 5.41) is 13.1. The first-order valence-corrected chi connectivity index (χ1v) is 7.22. The minimum Gasteiger partial charge on any atom is -0.466 e. The van der Waals surface area contributed by atoms with Crippen molar-refractivity contribution in [3.8, 4) is 0 Å². The van der Waals surface area contributed by atoms with Crippen molar-refractivity contribution >= 4 is 5.97 Å². The van der Waals surface area contributed by atoms with E-state index in [4.69, 9.17) is 4.74 Å². The quantitative estimate of drug-likeness (QED) is 0.683. The Morgan fingerprint density at radius 1 is 1.44 bits per heavy atom. The fourth-order valence-electron chi connectivity index (χ4n) is 2.63. The fourth-order valence-corrected chi connectivity index (χ4v) is 2.63. The van der Waals surface area contributed by atoms with Crippen molar-refractivity contribution in [3.05, 3.63) is 0 Å². The highest BCUT2D eigenvalue weighted by Crippen LogP contribution is 2.26. The van der Waals surface area contributed by atoms with Gasteiger partial charge in [0.1, 0.15) is 0 Å². The predicted octanol–water partition coefficient (Wildman–Crippen LogP) is 1.86. The van der Waals surface area contributed by atoms with Gasteiger partial charge in [-0.1, -0.05) is 26.2 Å². The summed E-state index contributed by atoms with van der Waals surface area (Å²) in [7, 11) is 0. The van der Waals surface area contributed by atoms with Crippen LogP contribution in [0.5, 0.6) is 0 Å². The van der Waals surface area contributed by atoms with Crippen LogP contribution < -0.4 is 5.32 Å². The van der Waals surface area contributed by atoms with E-state index in [1.807, 2.05) is 0 Å². The molecular formula is C14H27NO3. The van der Waals surface area contributed by atoms with Crippen LogP contribution in [0.4, 0.5) is 0 Å². The molecule has 0 bridgehead atoms. The van der Waals surface area contributed by atoms with Gasteiger partial charge in [0.15, 0.2) is 0 Å². The second-order valence-corrected chi connectivity index (χ2v) is 5.21. The molecule has 1 fully saturated rings. The summed E-state index contributed by atoms with van der Waals surface area (Å²) in [5.41, 5.74) is 0. The number of aliphatic hydroxyl groups is 1. The van der Waals surface area contributed by atoms with Crippen LogP contribution in [0.15, 0.2) is 0 Å². The molecule has 0 amide bonds. The van der Waals surface area contributed by atoms with E-state index in [0.717, 1.165) is 5.92 Å². The number of carbonyl (C=O) groups is 1. The molecule has 1 rings (SSSR count). The van der Waals surface area contributed by atoms with Gasteiger partial charge in [-0.05, 0) is 25.7 Å². The Hall–Kier alpha value is -0.610. The maximum absolute atomic E-state index is 11.2. The molecule has 0 aliphatic heterocycles. The van der Waals surface area contributed by atoms with Crippen molar-refractivity contribution in [3.63, 3.8) is 0 Å². The van der Waals surface area contributed by atoms with E-state index in [1.165, 1.54) is 32.1 Å².